The Balaban J connectivity index is 1.39. The Kier molecular flexibility index (Phi) is 5.27. The Morgan fingerprint density at radius 2 is 1.78 bits per heavy atom. The quantitative estimate of drug-likeness (QED) is 0.485. The SMILES string of the molecule is C[C@@H]1CN(c2cccc(Nc3cc(-c4ccc5c(c4)c(F)nn5C)ccn3)c2)C[C@H](C)O1. The van der Waals surface area contributed by atoms with E-state index in [-0.39, 0.29) is 12.2 Å². The van der Waals surface area contributed by atoms with Gasteiger partial charge in [0.05, 0.1) is 23.1 Å². The fraction of sp³-hybridized carbons (Fsp3) is 0.280. The van der Waals surface area contributed by atoms with Crippen molar-refractivity contribution in [2.75, 3.05) is 23.3 Å². The summed E-state index contributed by atoms with van der Waals surface area (Å²) < 4.78 is 21.6. The van der Waals surface area contributed by atoms with Crippen LogP contribution in [0.3, 0.4) is 0 Å². The first kappa shape index (κ1) is 20.5. The van der Waals surface area contributed by atoms with Crippen molar-refractivity contribution in [3.05, 3.63) is 66.7 Å². The van der Waals surface area contributed by atoms with Gasteiger partial charge < -0.3 is 15.0 Å². The van der Waals surface area contributed by atoms with Gasteiger partial charge in [0, 0.05) is 37.7 Å². The summed E-state index contributed by atoms with van der Waals surface area (Å²) in [5, 5.41) is 7.79. The lowest BCUT2D eigenvalue weighted by Crippen LogP contribution is -2.45. The molecule has 4 aromatic rings. The summed E-state index contributed by atoms with van der Waals surface area (Å²) in [7, 11) is 1.74. The third-order valence-corrected chi connectivity index (χ3v) is 5.80. The van der Waals surface area contributed by atoms with Crippen LogP contribution in [0.4, 0.5) is 21.6 Å². The van der Waals surface area contributed by atoms with E-state index in [9.17, 15) is 4.39 Å². The number of pyridine rings is 1. The van der Waals surface area contributed by atoms with E-state index in [4.69, 9.17) is 4.74 Å². The van der Waals surface area contributed by atoms with Crippen LogP contribution in [0.1, 0.15) is 13.8 Å². The molecule has 1 saturated heterocycles. The van der Waals surface area contributed by atoms with Gasteiger partial charge >= 0.3 is 0 Å². The van der Waals surface area contributed by atoms with Crippen molar-refractivity contribution in [2.45, 2.75) is 26.1 Å². The van der Waals surface area contributed by atoms with Gasteiger partial charge in [0.2, 0.25) is 5.95 Å². The Morgan fingerprint density at radius 3 is 2.59 bits per heavy atom. The van der Waals surface area contributed by atoms with Crippen LogP contribution in [0.15, 0.2) is 60.8 Å². The zero-order valence-electron chi connectivity index (χ0n) is 18.4. The number of fused-ring (bicyclic) bond motifs is 1. The summed E-state index contributed by atoms with van der Waals surface area (Å²) in [6.07, 6.45) is 2.17. The minimum absolute atomic E-state index is 0.204. The molecule has 5 rings (SSSR count). The molecule has 0 amide bonds. The van der Waals surface area contributed by atoms with Crippen molar-refractivity contribution in [1.82, 2.24) is 14.8 Å². The Labute approximate surface area is 186 Å². The van der Waals surface area contributed by atoms with Crippen LogP contribution in [0.25, 0.3) is 22.0 Å². The number of hydrogen-bond acceptors (Lipinski definition) is 5. The van der Waals surface area contributed by atoms with E-state index in [0.29, 0.717) is 5.39 Å². The topological polar surface area (TPSA) is 55.2 Å². The van der Waals surface area contributed by atoms with E-state index in [0.717, 1.165) is 46.9 Å². The minimum atomic E-state index is -0.458. The average molecular weight is 432 g/mol. The highest BCUT2D eigenvalue weighted by Gasteiger charge is 2.22. The second-order valence-corrected chi connectivity index (χ2v) is 8.41. The van der Waals surface area contributed by atoms with Crippen molar-refractivity contribution < 1.29 is 9.13 Å². The predicted octanol–water partition coefficient (Wildman–Crippen LogP) is 5.13. The molecule has 0 aliphatic carbocycles. The number of aryl methyl sites for hydroxylation is 1. The Bertz CT molecular complexity index is 1260. The third-order valence-electron chi connectivity index (χ3n) is 5.80. The van der Waals surface area contributed by atoms with E-state index in [1.54, 1.807) is 17.9 Å². The number of hydrogen-bond donors (Lipinski definition) is 1. The minimum Gasteiger partial charge on any atom is -0.372 e. The molecule has 2 aromatic heterocycles. The highest BCUT2D eigenvalue weighted by atomic mass is 19.1. The second kappa shape index (κ2) is 8.24. The summed E-state index contributed by atoms with van der Waals surface area (Å²) in [6.45, 7) is 5.95. The summed E-state index contributed by atoms with van der Waals surface area (Å²) in [6, 6.07) is 17.9. The highest BCUT2D eigenvalue weighted by Crippen LogP contribution is 2.29. The standard InChI is InChI=1S/C25H26FN5O/c1-16-14-31(15-17(2)32-16)21-6-4-5-20(13-21)28-24-12-19(9-10-27-24)18-7-8-23-22(11-18)25(26)29-30(23)3/h4-13,16-17H,14-15H2,1-3H3,(H,27,28)/t16-,17+. The van der Waals surface area contributed by atoms with Crippen molar-refractivity contribution in [3.63, 3.8) is 0 Å². The van der Waals surface area contributed by atoms with E-state index in [2.05, 4.69) is 46.3 Å². The Morgan fingerprint density at radius 1 is 1.00 bits per heavy atom. The largest absolute Gasteiger partial charge is 0.372 e. The van der Waals surface area contributed by atoms with Gasteiger partial charge in [0.25, 0.3) is 0 Å². The number of anilines is 3. The highest BCUT2D eigenvalue weighted by molar-refractivity contribution is 5.85. The van der Waals surface area contributed by atoms with Crippen LogP contribution >= 0.6 is 0 Å². The molecule has 0 spiro atoms. The summed E-state index contributed by atoms with van der Waals surface area (Å²) in [5.41, 5.74) is 4.76. The number of nitrogens with zero attached hydrogens (tertiary/aromatic N) is 4. The van der Waals surface area contributed by atoms with E-state index >= 15 is 0 Å². The molecule has 2 atom stereocenters. The number of benzene rings is 2. The van der Waals surface area contributed by atoms with Crippen LogP contribution in [0.2, 0.25) is 0 Å². The molecule has 32 heavy (non-hydrogen) atoms. The van der Waals surface area contributed by atoms with Crippen molar-refractivity contribution in [1.29, 1.82) is 0 Å². The predicted molar refractivity (Wildman–Crippen MR) is 126 cm³/mol. The van der Waals surface area contributed by atoms with Gasteiger partial charge in [-0.15, -0.1) is 5.10 Å². The molecule has 1 fully saturated rings. The zero-order valence-corrected chi connectivity index (χ0v) is 18.4. The molecule has 6 nitrogen and oxygen atoms in total. The number of morpholine rings is 1. The molecule has 2 aromatic carbocycles. The zero-order chi connectivity index (χ0) is 22.2. The van der Waals surface area contributed by atoms with Crippen LogP contribution in [0, 0.1) is 5.95 Å². The lowest BCUT2D eigenvalue weighted by molar-refractivity contribution is -0.00521. The molecule has 1 aliphatic rings. The van der Waals surface area contributed by atoms with Crippen LogP contribution in [-0.4, -0.2) is 40.1 Å². The molecule has 0 bridgehead atoms. The molecule has 0 radical (unpaired) electrons. The number of aromatic nitrogens is 3. The first-order chi connectivity index (χ1) is 15.5. The van der Waals surface area contributed by atoms with Gasteiger partial charge in [0.15, 0.2) is 0 Å². The molecule has 1 N–H and O–H groups in total. The first-order valence-electron chi connectivity index (χ1n) is 10.8. The molecule has 0 saturated carbocycles. The second-order valence-electron chi connectivity index (χ2n) is 8.41. The van der Waals surface area contributed by atoms with E-state index in [1.165, 1.54) is 0 Å². The van der Waals surface area contributed by atoms with Gasteiger partial charge in [0.1, 0.15) is 5.82 Å². The van der Waals surface area contributed by atoms with Gasteiger partial charge in [-0.3, -0.25) is 4.68 Å². The molecule has 0 unspecified atom stereocenters. The van der Waals surface area contributed by atoms with E-state index < -0.39 is 5.95 Å². The van der Waals surface area contributed by atoms with Crippen LogP contribution in [0.5, 0.6) is 0 Å². The van der Waals surface area contributed by atoms with Crippen molar-refractivity contribution in [3.8, 4) is 11.1 Å². The van der Waals surface area contributed by atoms with Gasteiger partial charge in [-0.05, 0) is 67.4 Å². The van der Waals surface area contributed by atoms with Crippen LogP contribution < -0.4 is 10.2 Å². The molecule has 1 aliphatic heterocycles. The van der Waals surface area contributed by atoms with Gasteiger partial charge in [-0.2, -0.15) is 4.39 Å². The normalized spacial score (nSPS) is 18.8. The molecule has 164 valence electrons. The molecular weight excluding hydrogens is 405 g/mol. The maximum atomic E-state index is 14.1. The lowest BCUT2D eigenvalue weighted by atomic mass is 10.0. The summed E-state index contributed by atoms with van der Waals surface area (Å²) in [4.78, 5) is 6.83. The molecule has 3 heterocycles. The third kappa shape index (κ3) is 4.03. The lowest BCUT2D eigenvalue weighted by Gasteiger charge is -2.37. The van der Waals surface area contributed by atoms with Crippen molar-refractivity contribution in [2.24, 2.45) is 7.05 Å². The molecule has 7 heteroatoms. The van der Waals surface area contributed by atoms with E-state index in [1.807, 2.05) is 42.5 Å². The monoisotopic (exact) mass is 431 g/mol. The van der Waals surface area contributed by atoms with Crippen LogP contribution in [-0.2, 0) is 11.8 Å². The Hall–Kier alpha value is -3.45. The smallest absolute Gasteiger partial charge is 0.240 e. The number of halogens is 1. The molecular formula is C25H26FN5O. The first-order valence-corrected chi connectivity index (χ1v) is 10.8. The maximum absolute atomic E-state index is 14.1. The average Bonchev–Trinajstić information content (AvgIpc) is 3.06. The van der Waals surface area contributed by atoms with Gasteiger partial charge in [-0.25, -0.2) is 4.98 Å². The fourth-order valence-electron chi connectivity index (χ4n) is 4.40. The van der Waals surface area contributed by atoms with Gasteiger partial charge in [-0.1, -0.05) is 12.1 Å². The van der Waals surface area contributed by atoms with Crippen molar-refractivity contribution >= 4 is 28.1 Å². The summed E-state index contributed by atoms with van der Waals surface area (Å²) >= 11 is 0. The number of ether oxygens (including phenoxy) is 1. The number of nitrogens with one attached hydrogen (secondary N) is 1. The summed E-state index contributed by atoms with van der Waals surface area (Å²) in [5.74, 6) is 0.274. The maximum Gasteiger partial charge on any atom is 0.240 e. The number of rotatable bonds is 4. The fourth-order valence-corrected chi connectivity index (χ4v) is 4.40.